The Morgan fingerprint density at radius 2 is 2.08 bits per heavy atom. The average Bonchev–Trinajstić information content (AvgIpc) is 2.88. The molecule has 0 unspecified atom stereocenters. The van der Waals surface area contributed by atoms with E-state index in [1.165, 1.54) is 11.8 Å². The molecule has 1 saturated heterocycles. The lowest BCUT2D eigenvalue weighted by atomic mass is 10.2. The third-order valence-electron chi connectivity index (χ3n) is 3.46. The van der Waals surface area contributed by atoms with E-state index in [4.69, 9.17) is 11.6 Å². The van der Waals surface area contributed by atoms with Crippen LogP contribution >= 0.6 is 55.2 Å². The molecule has 1 heterocycles. The Labute approximate surface area is 170 Å². The molecule has 1 amide bonds. The lowest BCUT2D eigenvalue weighted by molar-refractivity contribution is -0.115. The number of aromatic hydroxyl groups is 1. The number of amides is 1. The lowest BCUT2D eigenvalue weighted by Crippen LogP contribution is -2.19. The first-order valence-corrected chi connectivity index (χ1v) is 9.86. The summed E-state index contributed by atoms with van der Waals surface area (Å²) in [6.45, 7) is 1.87. The molecular weight excluding hydrogens is 492 g/mol. The van der Waals surface area contributed by atoms with Gasteiger partial charge in [0.1, 0.15) is 5.75 Å². The van der Waals surface area contributed by atoms with Crippen molar-refractivity contribution in [2.45, 2.75) is 6.92 Å². The largest absolute Gasteiger partial charge is 0.506 e. The van der Waals surface area contributed by atoms with Gasteiger partial charge in [0.15, 0.2) is 5.17 Å². The highest BCUT2D eigenvalue weighted by molar-refractivity contribution is 9.11. The fourth-order valence-corrected chi connectivity index (χ4v) is 4.40. The summed E-state index contributed by atoms with van der Waals surface area (Å²) in [6.07, 6.45) is 1.62. The number of phenols is 1. The van der Waals surface area contributed by atoms with E-state index in [0.29, 0.717) is 30.8 Å². The molecule has 1 aliphatic rings. The van der Waals surface area contributed by atoms with Crippen molar-refractivity contribution in [1.82, 2.24) is 5.32 Å². The number of aliphatic imine (C=N–C) groups is 1. The minimum Gasteiger partial charge on any atom is -0.506 e. The summed E-state index contributed by atoms with van der Waals surface area (Å²) < 4.78 is 1.33. The highest BCUT2D eigenvalue weighted by atomic mass is 79.9. The molecule has 2 aromatic rings. The fraction of sp³-hybridized carbons (Fsp3) is 0.0588. The Balaban J connectivity index is 1.93. The number of halogens is 3. The van der Waals surface area contributed by atoms with E-state index in [0.717, 1.165) is 10.0 Å². The molecule has 25 heavy (non-hydrogen) atoms. The highest BCUT2D eigenvalue weighted by Crippen LogP contribution is 2.36. The molecule has 0 spiro atoms. The molecule has 2 N–H and O–H groups in total. The van der Waals surface area contributed by atoms with Crippen LogP contribution in [0.1, 0.15) is 11.1 Å². The van der Waals surface area contributed by atoms with E-state index in [9.17, 15) is 9.90 Å². The molecule has 4 nitrogen and oxygen atoms in total. The Morgan fingerprint density at radius 3 is 2.84 bits per heavy atom. The Kier molecular flexibility index (Phi) is 5.58. The summed E-state index contributed by atoms with van der Waals surface area (Å²) in [5.41, 5.74) is 2.07. The first kappa shape index (κ1) is 18.5. The van der Waals surface area contributed by atoms with Gasteiger partial charge in [0, 0.05) is 15.1 Å². The fourth-order valence-electron chi connectivity index (χ4n) is 2.14. The first-order chi connectivity index (χ1) is 11.8. The zero-order chi connectivity index (χ0) is 18.1. The predicted molar refractivity (Wildman–Crippen MR) is 111 cm³/mol. The minimum absolute atomic E-state index is 0.0696. The van der Waals surface area contributed by atoms with E-state index in [2.05, 4.69) is 42.2 Å². The number of benzene rings is 2. The molecule has 0 saturated carbocycles. The first-order valence-electron chi connectivity index (χ1n) is 7.08. The van der Waals surface area contributed by atoms with E-state index in [1.54, 1.807) is 24.3 Å². The quantitative estimate of drug-likeness (QED) is 0.513. The van der Waals surface area contributed by atoms with Gasteiger partial charge in [-0.05, 0) is 70.5 Å². The van der Waals surface area contributed by atoms with Gasteiger partial charge in [-0.15, -0.1) is 0 Å². The van der Waals surface area contributed by atoms with Crippen LogP contribution in [0.5, 0.6) is 5.75 Å². The number of rotatable bonds is 2. The molecule has 0 atom stereocenters. The number of hydrogen-bond donors (Lipinski definition) is 2. The normalized spacial score (nSPS) is 17.4. The summed E-state index contributed by atoms with van der Waals surface area (Å²) in [4.78, 5) is 17.1. The molecule has 1 aliphatic heterocycles. The molecule has 0 aliphatic carbocycles. The van der Waals surface area contributed by atoms with Crippen molar-refractivity contribution in [1.29, 1.82) is 0 Å². The van der Waals surface area contributed by atoms with Crippen LogP contribution < -0.4 is 5.32 Å². The number of carbonyl (C=O) groups is 1. The molecule has 2 aromatic carbocycles. The maximum atomic E-state index is 12.2. The van der Waals surface area contributed by atoms with Crippen LogP contribution in [0.2, 0.25) is 5.02 Å². The smallest absolute Gasteiger partial charge is 0.264 e. The van der Waals surface area contributed by atoms with Gasteiger partial charge in [-0.1, -0.05) is 33.6 Å². The summed E-state index contributed by atoms with van der Waals surface area (Å²) in [6, 6.07) is 8.90. The number of amidine groups is 1. The zero-order valence-corrected chi connectivity index (χ0v) is 17.6. The van der Waals surface area contributed by atoms with E-state index in [1.807, 2.05) is 19.1 Å². The van der Waals surface area contributed by atoms with Crippen molar-refractivity contribution < 1.29 is 9.90 Å². The predicted octanol–water partition coefficient (Wildman–Crippen LogP) is 5.77. The molecule has 8 heteroatoms. The van der Waals surface area contributed by atoms with Gasteiger partial charge < -0.3 is 10.4 Å². The van der Waals surface area contributed by atoms with Gasteiger partial charge in [-0.2, -0.15) is 0 Å². The van der Waals surface area contributed by atoms with Gasteiger partial charge in [-0.25, -0.2) is 4.99 Å². The van der Waals surface area contributed by atoms with Crippen molar-refractivity contribution in [2.24, 2.45) is 4.99 Å². The minimum atomic E-state index is -0.265. The Morgan fingerprint density at radius 1 is 1.32 bits per heavy atom. The lowest BCUT2D eigenvalue weighted by Gasteiger charge is -2.04. The number of thioether (sulfide) groups is 1. The van der Waals surface area contributed by atoms with Crippen molar-refractivity contribution in [2.75, 3.05) is 0 Å². The number of nitrogens with one attached hydrogen (secondary N) is 1. The van der Waals surface area contributed by atoms with Crippen LogP contribution in [0.25, 0.3) is 6.08 Å². The molecule has 0 radical (unpaired) electrons. The van der Waals surface area contributed by atoms with Crippen LogP contribution in [0, 0.1) is 6.92 Å². The van der Waals surface area contributed by atoms with Crippen molar-refractivity contribution in [3.8, 4) is 5.75 Å². The van der Waals surface area contributed by atoms with Crippen LogP contribution in [0.15, 0.2) is 49.2 Å². The molecule has 0 aromatic heterocycles. The van der Waals surface area contributed by atoms with E-state index < -0.39 is 0 Å². The maximum Gasteiger partial charge on any atom is 0.264 e. The summed E-state index contributed by atoms with van der Waals surface area (Å²) in [5, 5.41) is 14.0. The second-order valence-corrected chi connectivity index (χ2v) is 8.40. The van der Waals surface area contributed by atoms with Gasteiger partial charge in [0.25, 0.3) is 5.91 Å². The summed E-state index contributed by atoms with van der Waals surface area (Å²) in [5.74, 6) is -0.195. The van der Waals surface area contributed by atoms with Gasteiger partial charge in [-0.3, -0.25) is 4.79 Å². The molecule has 3 rings (SSSR count). The highest BCUT2D eigenvalue weighted by Gasteiger charge is 2.24. The summed E-state index contributed by atoms with van der Waals surface area (Å²) in [7, 11) is 0. The molecule has 128 valence electrons. The summed E-state index contributed by atoms with van der Waals surface area (Å²) >= 11 is 14.0. The number of hydrogen-bond acceptors (Lipinski definition) is 4. The number of nitrogens with zero attached hydrogens (tertiary/aromatic N) is 1. The Bertz CT molecular complexity index is 944. The second kappa shape index (κ2) is 7.53. The van der Waals surface area contributed by atoms with Gasteiger partial charge in [0.2, 0.25) is 0 Å². The van der Waals surface area contributed by atoms with E-state index >= 15 is 0 Å². The number of phenolic OH excluding ortho intramolecular Hbond substituents is 1. The van der Waals surface area contributed by atoms with E-state index in [-0.39, 0.29) is 11.7 Å². The maximum absolute atomic E-state index is 12.2. The molecule has 0 bridgehead atoms. The topological polar surface area (TPSA) is 61.7 Å². The van der Waals surface area contributed by atoms with Gasteiger partial charge in [0.05, 0.1) is 15.1 Å². The molecule has 1 fully saturated rings. The SMILES string of the molecule is Cc1c(Cl)cccc1N=C1NC(=O)/C(=C/c2cc(Br)cc(Br)c2O)S1. The van der Waals surface area contributed by atoms with Crippen molar-refractivity contribution in [3.63, 3.8) is 0 Å². The standard InChI is InChI=1S/C17H11Br2ClN2O2S/c1-8-12(20)3-2-4-13(8)21-17-22-16(24)14(25-17)6-9-5-10(18)7-11(19)15(9)23/h2-7,23H,1H3,(H,21,22,24)/b14-6-. The van der Waals surface area contributed by atoms with Crippen LogP contribution in [-0.4, -0.2) is 16.2 Å². The second-order valence-electron chi connectivity index (χ2n) is 5.19. The van der Waals surface area contributed by atoms with Gasteiger partial charge >= 0.3 is 0 Å². The zero-order valence-electron chi connectivity index (χ0n) is 12.8. The Hall–Kier alpha value is -1.28. The third kappa shape index (κ3) is 4.11. The monoisotopic (exact) mass is 500 g/mol. The van der Waals surface area contributed by atoms with Crippen LogP contribution in [0.3, 0.4) is 0 Å². The van der Waals surface area contributed by atoms with Crippen molar-refractivity contribution in [3.05, 3.63) is 60.3 Å². The number of carbonyl (C=O) groups excluding carboxylic acids is 1. The average molecular weight is 503 g/mol. The van der Waals surface area contributed by atoms with Crippen LogP contribution in [-0.2, 0) is 4.79 Å². The van der Waals surface area contributed by atoms with Crippen molar-refractivity contribution >= 4 is 78.1 Å². The third-order valence-corrected chi connectivity index (χ3v) is 5.84. The van der Waals surface area contributed by atoms with Crippen LogP contribution in [0.4, 0.5) is 5.69 Å². The molecular formula is C17H11Br2ClN2O2S.